The Hall–Kier alpha value is -3.32. The van der Waals surface area contributed by atoms with Crippen molar-refractivity contribution in [1.29, 1.82) is 0 Å². The highest BCUT2D eigenvalue weighted by molar-refractivity contribution is 5.36. The lowest BCUT2D eigenvalue weighted by atomic mass is 9.93. The van der Waals surface area contributed by atoms with Crippen molar-refractivity contribution in [3.63, 3.8) is 0 Å². The van der Waals surface area contributed by atoms with Crippen molar-refractivity contribution in [2.45, 2.75) is 32.1 Å². The van der Waals surface area contributed by atoms with Gasteiger partial charge in [-0.25, -0.2) is 8.78 Å². The monoisotopic (exact) mass is 406 g/mol. The quantitative estimate of drug-likeness (QED) is 0.360. The van der Waals surface area contributed by atoms with Crippen molar-refractivity contribution < 1.29 is 18.3 Å². The summed E-state index contributed by atoms with van der Waals surface area (Å²) in [6, 6.07) is 18.2. The van der Waals surface area contributed by atoms with Crippen LogP contribution in [0.25, 0.3) is 0 Å². The number of ether oxygens (including phenoxy) is 2. The standard InChI is InChI=1S/C26H24F2O2/c1-3-20(21-9-13-23(14-10-21)29-4-2)7-5-6-19-8-17-25(28)26(18-19)30-24-15-11-22(27)12-16-24/h1,8-18,20H,4-7H2,2H3. The zero-order valence-electron chi connectivity index (χ0n) is 16.9. The Morgan fingerprint density at radius 3 is 2.30 bits per heavy atom. The van der Waals surface area contributed by atoms with Crippen molar-refractivity contribution in [3.8, 4) is 29.6 Å². The molecule has 0 radical (unpaired) electrons. The Kier molecular flexibility index (Phi) is 7.45. The Balaban J connectivity index is 1.59. The number of rotatable bonds is 9. The number of benzene rings is 3. The summed E-state index contributed by atoms with van der Waals surface area (Å²) in [5.41, 5.74) is 2.04. The van der Waals surface area contributed by atoms with Crippen LogP contribution in [0.2, 0.25) is 0 Å². The van der Waals surface area contributed by atoms with Gasteiger partial charge in [-0.3, -0.25) is 0 Å². The third-order valence-electron chi connectivity index (χ3n) is 4.79. The minimum absolute atomic E-state index is 0.0102. The van der Waals surface area contributed by atoms with Gasteiger partial charge in [0.05, 0.1) is 6.61 Å². The number of terminal acetylenes is 1. The first-order valence-corrected chi connectivity index (χ1v) is 9.99. The third-order valence-corrected chi connectivity index (χ3v) is 4.79. The highest BCUT2D eigenvalue weighted by Gasteiger charge is 2.11. The molecule has 2 nitrogen and oxygen atoms in total. The maximum absolute atomic E-state index is 14.1. The summed E-state index contributed by atoms with van der Waals surface area (Å²) in [5, 5.41) is 0. The molecule has 3 aromatic carbocycles. The molecule has 0 saturated carbocycles. The smallest absolute Gasteiger partial charge is 0.165 e. The third kappa shape index (κ3) is 5.84. The summed E-state index contributed by atoms with van der Waals surface area (Å²) in [4.78, 5) is 0. The van der Waals surface area contributed by atoms with Crippen molar-refractivity contribution in [2.75, 3.05) is 6.61 Å². The lowest BCUT2D eigenvalue weighted by Crippen LogP contribution is -1.99. The molecule has 30 heavy (non-hydrogen) atoms. The molecule has 0 aliphatic carbocycles. The van der Waals surface area contributed by atoms with Crippen molar-refractivity contribution >= 4 is 0 Å². The van der Waals surface area contributed by atoms with Gasteiger partial charge < -0.3 is 9.47 Å². The number of halogens is 2. The molecule has 0 bridgehead atoms. The first-order chi connectivity index (χ1) is 14.6. The van der Waals surface area contributed by atoms with Crippen LogP contribution < -0.4 is 9.47 Å². The molecule has 3 aromatic rings. The second-order valence-electron chi connectivity index (χ2n) is 6.93. The van der Waals surface area contributed by atoms with Gasteiger partial charge in [0.2, 0.25) is 0 Å². The van der Waals surface area contributed by atoms with Gasteiger partial charge in [-0.05, 0) is 85.8 Å². The molecule has 3 rings (SSSR count). The molecule has 0 heterocycles. The summed E-state index contributed by atoms with van der Waals surface area (Å²) in [6.45, 7) is 2.58. The Labute approximate surface area is 176 Å². The summed E-state index contributed by atoms with van der Waals surface area (Å²) in [6.07, 6.45) is 8.16. The first-order valence-electron chi connectivity index (χ1n) is 9.99. The molecule has 0 saturated heterocycles. The van der Waals surface area contributed by atoms with Gasteiger partial charge in [0.15, 0.2) is 11.6 Å². The fraction of sp³-hybridized carbons (Fsp3) is 0.231. The Morgan fingerprint density at radius 1 is 0.933 bits per heavy atom. The van der Waals surface area contributed by atoms with E-state index >= 15 is 0 Å². The van der Waals surface area contributed by atoms with Gasteiger partial charge >= 0.3 is 0 Å². The van der Waals surface area contributed by atoms with E-state index in [4.69, 9.17) is 15.9 Å². The molecule has 0 aliphatic rings. The maximum atomic E-state index is 14.1. The highest BCUT2D eigenvalue weighted by Crippen LogP contribution is 2.28. The zero-order valence-corrected chi connectivity index (χ0v) is 16.9. The van der Waals surface area contributed by atoms with E-state index in [0.29, 0.717) is 12.4 Å². The van der Waals surface area contributed by atoms with E-state index in [9.17, 15) is 8.78 Å². The van der Waals surface area contributed by atoms with E-state index < -0.39 is 5.82 Å². The van der Waals surface area contributed by atoms with Crippen LogP contribution in [0.3, 0.4) is 0 Å². The average Bonchev–Trinajstić information content (AvgIpc) is 2.76. The molecule has 4 heteroatoms. The lowest BCUT2D eigenvalue weighted by molar-refractivity contribution is 0.340. The SMILES string of the molecule is C#CC(CCCc1ccc(F)c(Oc2ccc(F)cc2)c1)c1ccc(OCC)cc1. The van der Waals surface area contributed by atoms with Crippen molar-refractivity contribution in [3.05, 3.63) is 89.5 Å². The van der Waals surface area contributed by atoms with Gasteiger partial charge in [-0.2, -0.15) is 0 Å². The predicted molar refractivity (Wildman–Crippen MR) is 115 cm³/mol. The van der Waals surface area contributed by atoms with E-state index in [1.54, 1.807) is 12.1 Å². The summed E-state index contributed by atoms with van der Waals surface area (Å²) in [7, 11) is 0. The molecule has 0 aromatic heterocycles. The first kappa shape index (κ1) is 21.4. The highest BCUT2D eigenvalue weighted by atomic mass is 19.1. The second-order valence-corrected chi connectivity index (χ2v) is 6.93. The fourth-order valence-corrected chi connectivity index (χ4v) is 3.23. The lowest BCUT2D eigenvalue weighted by Gasteiger charge is -2.13. The van der Waals surface area contributed by atoms with Crippen molar-refractivity contribution in [1.82, 2.24) is 0 Å². The largest absolute Gasteiger partial charge is 0.494 e. The maximum Gasteiger partial charge on any atom is 0.165 e. The molecule has 0 N–H and O–H groups in total. The second kappa shape index (κ2) is 10.5. The van der Waals surface area contributed by atoms with E-state index in [-0.39, 0.29) is 17.5 Å². The van der Waals surface area contributed by atoms with Gasteiger partial charge in [0.25, 0.3) is 0 Å². The molecule has 0 fully saturated rings. The molecule has 1 atom stereocenters. The van der Waals surface area contributed by atoms with Crippen LogP contribution in [0.5, 0.6) is 17.2 Å². The van der Waals surface area contributed by atoms with E-state index in [2.05, 4.69) is 5.92 Å². The Morgan fingerprint density at radius 2 is 1.63 bits per heavy atom. The van der Waals surface area contributed by atoms with Gasteiger partial charge in [0.1, 0.15) is 17.3 Å². The minimum Gasteiger partial charge on any atom is -0.494 e. The average molecular weight is 406 g/mol. The topological polar surface area (TPSA) is 18.5 Å². The fourth-order valence-electron chi connectivity index (χ4n) is 3.23. The predicted octanol–water partition coefficient (Wildman–Crippen LogP) is 6.90. The molecule has 1 unspecified atom stereocenters. The Bertz CT molecular complexity index is 989. The van der Waals surface area contributed by atoms with Crippen LogP contribution in [0, 0.1) is 24.0 Å². The number of aryl methyl sites for hydroxylation is 1. The van der Waals surface area contributed by atoms with Crippen LogP contribution >= 0.6 is 0 Å². The number of hydrogen-bond donors (Lipinski definition) is 0. The van der Waals surface area contributed by atoms with Crippen LogP contribution in [0.4, 0.5) is 8.78 Å². The molecule has 0 amide bonds. The summed E-state index contributed by atoms with van der Waals surface area (Å²) < 4.78 is 38.2. The van der Waals surface area contributed by atoms with Crippen LogP contribution in [0.15, 0.2) is 66.7 Å². The van der Waals surface area contributed by atoms with E-state index in [1.807, 2.05) is 31.2 Å². The van der Waals surface area contributed by atoms with E-state index in [1.165, 1.54) is 30.3 Å². The number of hydrogen-bond acceptors (Lipinski definition) is 2. The summed E-state index contributed by atoms with van der Waals surface area (Å²) in [5.74, 6) is 3.38. The molecule has 154 valence electrons. The van der Waals surface area contributed by atoms with Crippen LogP contribution in [0.1, 0.15) is 36.8 Å². The van der Waals surface area contributed by atoms with Gasteiger partial charge in [-0.1, -0.05) is 24.1 Å². The van der Waals surface area contributed by atoms with Gasteiger partial charge in [0, 0.05) is 5.92 Å². The molecule has 0 aliphatic heterocycles. The van der Waals surface area contributed by atoms with Crippen LogP contribution in [-0.2, 0) is 6.42 Å². The van der Waals surface area contributed by atoms with E-state index in [0.717, 1.165) is 36.1 Å². The molecular weight excluding hydrogens is 382 g/mol. The van der Waals surface area contributed by atoms with Gasteiger partial charge in [-0.15, -0.1) is 6.42 Å². The normalized spacial score (nSPS) is 11.5. The van der Waals surface area contributed by atoms with Crippen molar-refractivity contribution in [2.24, 2.45) is 0 Å². The molecular formula is C26H24F2O2. The van der Waals surface area contributed by atoms with Crippen LogP contribution in [-0.4, -0.2) is 6.61 Å². The summed E-state index contributed by atoms with van der Waals surface area (Å²) >= 11 is 0. The molecule has 0 spiro atoms. The zero-order chi connectivity index (χ0) is 21.3. The minimum atomic E-state index is -0.459.